The van der Waals surface area contributed by atoms with Crippen molar-refractivity contribution in [2.24, 2.45) is 11.1 Å². The predicted octanol–water partition coefficient (Wildman–Crippen LogP) is 2.47. The molecule has 2 N–H and O–H groups in total. The zero-order chi connectivity index (χ0) is 13.9. The number of rotatable bonds is 4. The Morgan fingerprint density at radius 2 is 2.16 bits per heavy atom. The SMILES string of the molecule is CN(Cc1ccco1)C(=O)C1(C(N)=S)CCCCC1. The number of hydrogen-bond acceptors (Lipinski definition) is 3. The maximum Gasteiger partial charge on any atom is 0.235 e. The number of carbonyl (C=O) groups is 1. The first-order valence-corrected chi connectivity index (χ1v) is 7.05. The number of thiocarbonyl (C=S) groups is 1. The van der Waals surface area contributed by atoms with Gasteiger partial charge in [-0.25, -0.2) is 0 Å². The van der Waals surface area contributed by atoms with Gasteiger partial charge in [-0.15, -0.1) is 0 Å². The Kier molecular flexibility index (Phi) is 4.24. The van der Waals surface area contributed by atoms with Crippen molar-refractivity contribution in [3.8, 4) is 0 Å². The van der Waals surface area contributed by atoms with Crippen LogP contribution in [0.2, 0.25) is 0 Å². The standard InChI is InChI=1S/C14H20N2O2S/c1-16(10-11-6-5-9-18-11)13(17)14(12(15)19)7-3-2-4-8-14/h5-6,9H,2-4,7-8,10H2,1H3,(H2,15,19). The van der Waals surface area contributed by atoms with E-state index in [2.05, 4.69) is 0 Å². The first-order valence-electron chi connectivity index (χ1n) is 6.64. The lowest BCUT2D eigenvalue weighted by molar-refractivity contribution is -0.139. The van der Waals surface area contributed by atoms with E-state index in [1.165, 1.54) is 0 Å². The van der Waals surface area contributed by atoms with E-state index in [0.29, 0.717) is 11.5 Å². The van der Waals surface area contributed by atoms with Crippen LogP contribution in [0.15, 0.2) is 22.8 Å². The van der Waals surface area contributed by atoms with E-state index in [4.69, 9.17) is 22.4 Å². The van der Waals surface area contributed by atoms with E-state index >= 15 is 0 Å². The fraction of sp³-hybridized carbons (Fsp3) is 0.571. The Bertz CT molecular complexity index is 450. The predicted molar refractivity (Wildman–Crippen MR) is 77.5 cm³/mol. The van der Waals surface area contributed by atoms with Gasteiger partial charge in [0.2, 0.25) is 5.91 Å². The molecule has 19 heavy (non-hydrogen) atoms. The van der Waals surface area contributed by atoms with Crippen LogP contribution >= 0.6 is 12.2 Å². The molecule has 0 bridgehead atoms. The fourth-order valence-corrected chi connectivity index (χ4v) is 3.09. The molecule has 0 radical (unpaired) electrons. The van der Waals surface area contributed by atoms with Crippen LogP contribution < -0.4 is 5.73 Å². The van der Waals surface area contributed by atoms with Gasteiger partial charge < -0.3 is 15.1 Å². The molecule has 104 valence electrons. The monoisotopic (exact) mass is 280 g/mol. The van der Waals surface area contributed by atoms with Crippen LogP contribution in [-0.2, 0) is 11.3 Å². The first-order chi connectivity index (χ1) is 9.06. The van der Waals surface area contributed by atoms with Crippen molar-refractivity contribution in [1.82, 2.24) is 4.90 Å². The van der Waals surface area contributed by atoms with Gasteiger partial charge in [0.05, 0.1) is 23.2 Å². The quantitative estimate of drug-likeness (QED) is 0.861. The minimum absolute atomic E-state index is 0.0242. The summed E-state index contributed by atoms with van der Waals surface area (Å²) in [7, 11) is 1.78. The lowest BCUT2D eigenvalue weighted by atomic mass is 9.73. The number of amides is 1. The van der Waals surface area contributed by atoms with Crippen LogP contribution in [0, 0.1) is 5.41 Å². The summed E-state index contributed by atoms with van der Waals surface area (Å²) in [5, 5.41) is 0. The van der Waals surface area contributed by atoms with Gasteiger partial charge in [0.15, 0.2) is 0 Å². The van der Waals surface area contributed by atoms with E-state index < -0.39 is 5.41 Å². The van der Waals surface area contributed by atoms with Crippen LogP contribution in [0.1, 0.15) is 37.9 Å². The van der Waals surface area contributed by atoms with Crippen molar-refractivity contribution in [1.29, 1.82) is 0 Å². The number of nitrogens with two attached hydrogens (primary N) is 1. The van der Waals surface area contributed by atoms with Gasteiger partial charge in [0.1, 0.15) is 5.76 Å². The molecule has 0 atom stereocenters. The molecule has 1 aromatic rings. The lowest BCUT2D eigenvalue weighted by Gasteiger charge is -2.37. The average molecular weight is 280 g/mol. The maximum absolute atomic E-state index is 12.7. The molecule has 1 aromatic heterocycles. The second-order valence-electron chi connectivity index (χ2n) is 5.25. The minimum Gasteiger partial charge on any atom is -0.467 e. The summed E-state index contributed by atoms with van der Waals surface area (Å²) < 4.78 is 5.28. The van der Waals surface area contributed by atoms with Gasteiger partial charge in [0, 0.05) is 7.05 Å². The van der Waals surface area contributed by atoms with E-state index in [1.807, 2.05) is 12.1 Å². The topological polar surface area (TPSA) is 59.5 Å². The minimum atomic E-state index is -0.644. The molecule has 1 saturated carbocycles. The second kappa shape index (κ2) is 5.74. The number of nitrogens with zero attached hydrogens (tertiary/aromatic N) is 1. The van der Waals surface area contributed by atoms with E-state index in [-0.39, 0.29) is 5.91 Å². The number of carbonyl (C=O) groups excluding carboxylic acids is 1. The summed E-state index contributed by atoms with van der Waals surface area (Å²) in [6.45, 7) is 0.455. The highest BCUT2D eigenvalue weighted by molar-refractivity contribution is 7.80. The van der Waals surface area contributed by atoms with Gasteiger partial charge in [-0.1, -0.05) is 31.5 Å². The molecule has 2 rings (SSSR count). The third kappa shape index (κ3) is 2.81. The van der Waals surface area contributed by atoms with Crippen molar-refractivity contribution in [3.63, 3.8) is 0 Å². The van der Waals surface area contributed by atoms with Crippen LogP contribution in [-0.4, -0.2) is 22.8 Å². The molecular formula is C14H20N2O2S. The first kappa shape index (κ1) is 14.1. The average Bonchev–Trinajstić information content (AvgIpc) is 2.91. The summed E-state index contributed by atoms with van der Waals surface area (Å²) in [4.78, 5) is 14.7. The largest absolute Gasteiger partial charge is 0.467 e. The van der Waals surface area contributed by atoms with E-state index in [1.54, 1.807) is 18.2 Å². The Balaban J connectivity index is 2.13. The maximum atomic E-state index is 12.7. The molecule has 1 aliphatic rings. The fourth-order valence-electron chi connectivity index (χ4n) is 2.79. The summed E-state index contributed by atoms with van der Waals surface area (Å²) in [5.41, 5.74) is 5.23. The number of hydrogen-bond donors (Lipinski definition) is 1. The molecule has 1 heterocycles. The molecule has 0 aromatic carbocycles. The molecule has 5 heteroatoms. The summed E-state index contributed by atoms with van der Waals surface area (Å²) in [5.74, 6) is 0.792. The van der Waals surface area contributed by atoms with Crippen molar-refractivity contribution in [2.75, 3.05) is 7.05 Å². The molecule has 1 amide bonds. The second-order valence-corrected chi connectivity index (χ2v) is 5.69. The Morgan fingerprint density at radius 3 is 2.68 bits per heavy atom. The smallest absolute Gasteiger partial charge is 0.235 e. The summed E-state index contributed by atoms with van der Waals surface area (Å²) >= 11 is 5.18. The number of furan rings is 1. The molecular weight excluding hydrogens is 260 g/mol. The lowest BCUT2D eigenvalue weighted by Crippen LogP contribution is -2.50. The normalized spacial score (nSPS) is 17.9. The van der Waals surface area contributed by atoms with Gasteiger partial charge in [0.25, 0.3) is 0 Å². The molecule has 4 nitrogen and oxygen atoms in total. The Morgan fingerprint density at radius 1 is 1.47 bits per heavy atom. The Labute approximate surface area is 118 Å². The van der Waals surface area contributed by atoms with Crippen molar-refractivity contribution in [3.05, 3.63) is 24.2 Å². The zero-order valence-corrected chi connectivity index (χ0v) is 12.0. The highest BCUT2D eigenvalue weighted by Crippen LogP contribution is 2.38. The third-order valence-corrected chi connectivity index (χ3v) is 4.30. The highest BCUT2D eigenvalue weighted by Gasteiger charge is 2.43. The Hall–Kier alpha value is -1.36. The molecule has 0 unspecified atom stereocenters. The molecule has 0 saturated heterocycles. The summed E-state index contributed by atoms with van der Waals surface area (Å²) in [6.07, 6.45) is 6.32. The van der Waals surface area contributed by atoms with Gasteiger partial charge in [-0.3, -0.25) is 4.79 Å². The molecule has 1 fully saturated rings. The highest BCUT2D eigenvalue weighted by atomic mass is 32.1. The van der Waals surface area contributed by atoms with Crippen LogP contribution in [0.3, 0.4) is 0 Å². The van der Waals surface area contributed by atoms with Gasteiger partial charge >= 0.3 is 0 Å². The van der Waals surface area contributed by atoms with Crippen molar-refractivity contribution < 1.29 is 9.21 Å². The van der Waals surface area contributed by atoms with Gasteiger partial charge in [-0.2, -0.15) is 0 Å². The van der Waals surface area contributed by atoms with Crippen molar-refractivity contribution >= 4 is 23.1 Å². The van der Waals surface area contributed by atoms with Crippen molar-refractivity contribution in [2.45, 2.75) is 38.6 Å². The van der Waals surface area contributed by atoms with Crippen LogP contribution in [0.4, 0.5) is 0 Å². The summed E-state index contributed by atoms with van der Waals surface area (Å²) in [6, 6.07) is 3.68. The van der Waals surface area contributed by atoms with E-state index in [9.17, 15) is 4.79 Å². The molecule has 0 aliphatic heterocycles. The van der Waals surface area contributed by atoms with Gasteiger partial charge in [-0.05, 0) is 25.0 Å². The van der Waals surface area contributed by atoms with E-state index in [0.717, 1.165) is 37.9 Å². The third-order valence-electron chi connectivity index (χ3n) is 3.91. The zero-order valence-electron chi connectivity index (χ0n) is 11.2. The molecule has 0 spiro atoms. The molecule has 1 aliphatic carbocycles. The van der Waals surface area contributed by atoms with Crippen LogP contribution in [0.5, 0.6) is 0 Å². The van der Waals surface area contributed by atoms with Crippen LogP contribution in [0.25, 0.3) is 0 Å².